The van der Waals surface area contributed by atoms with E-state index in [1.54, 1.807) is 12.2 Å². The number of aliphatic hydroxyl groups excluding tert-OH is 1. The summed E-state index contributed by atoms with van der Waals surface area (Å²) >= 11 is 0. The molecule has 1 aliphatic heterocycles. The Hall–Kier alpha value is -0.600. The normalized spacial score (nSPS) is 27.2. The summed E-state index contributed by atoms with van der Waals surface area (Å²) in [6.45, 7) is 4.56. The molecule has 50 valence electrons. The summed E-state index contributed by atoms with van der Waals surface area (Å²) in [6, 6.07) is 0. The lowest BCUT2D eigenvalue weighted by Gasteiger charge is -2.14. The summed E-state index contributed by atoms with van der Waals surface area (Å²) in [7, 11) is 0. The molecule has 1 N–H and O–H groups in total. The van der Waals surface area contributed by atoms with Crippen molar-refractivity contribution in [1.82, 2.24) is 0 Å². The lowest BCUT2D eigenvalue weighted by Crippen LogP contribution is -2.19. The molecule has 1 heterocycles. The molecule has 0 radical (unpaired) electrons. The second-order valence-corrected chi connectivity index (χ2v) is 2.03. The van der Waals surface area contributed by atoms with Gasteiger partial charge in [-0.2, -0.15) is 0 Å². The van der Waals surface area contributed by atoms with Crippen LogP contribution in [0, 0.1) is 0 Å². The quantitative estimate of drug-likeness (QED) is 0.554. The molecule has 9 heavy (non-hydrogen) atoms. The summed E-state index contributed by atoms with van der Waals surface area (Å²) in [4.78, 5) is 0. The highest BCUT2D eigenvalue weighted by atomic mass is 16.5. The predicted octanol–water partition coefficient (Wildman–Crippen LogP) is 0.490. The van der Waals surface area contributed by atoms with Crippen LogP contribution in [0.1, 0.15) is 0 Å². The number of rotatable bonds is 1. The van der Waals surface area contributed by atoms with Crippen LogP contribution in [0.5, 0.6) is 0 Å². The Kier molecular flexibility index (Phi) is 2.03. The van der Waals surface area contributed by atoms with Gasteiger partial charge in [0, 0.05) is 0 Å². The van der Waals surface area contributed by atoms with Gasteiger partial charge in [-0.1, -0.05) is 12.7 Å². The molecule has 0 saturated heterocycles. The van der Waals surface area contributed by atoms with E-state index in [-0.39, 0.29) is 0 Å². The van der Waals surface area contributed by atoms with Gasteiger partial charge in [-0.3, -0.25) is 0 Å². The van der Waals surface area contributed by atoms with Crippen LogP contribution < -0.4 is 0 Å². The molecule has 0 saturated carbocycles. The Morgan fingerprint density at radius 3 is 3.11 bits per heavy atom. The monoisotopic (exact) mass is 126 g/mol. The minimum Gasteiger partial charge on any atom is -0.387 e. The SMILES string of the molecule is C=CC1=CC(O)COC1. The van der Waals surface area contributed by atoms with Crippen molar-refractivity contribution < 1.29 is 9.84 Å². The third-order valence-electron chi connectivity index (χ3n) is 1.23. The molecule has 1 aliphatic rings. The van der Waals surface area contributed by atoms with Gasteiger partial charge in [0.05, 0.1) is 19.3 Å². The maximum absolute atomic E-state index is 8.96. The molecule has 0 aliphatic carbocycles. The number of ether oxygens (including phenoxy) is 1. The van der Waals surface area contributed by atoms with E-state index >= 15 is 0 Å². The van der Waals surface area contributed by atoms with Gasteiger partial charge in [0.25, 0.3) is 0 Å². The van der Waals surface area contributed by atoms with Crippen molar-refractivity contribution in [1.29, 1.82) is 0 Å². The minimum absolute atomic E-state index is 0.414. The maximum atomic E-state index is 8.96. The Bertz CT molecular complexity index is 138. The first-order valence-electron chi connectivity index (χ1n) is 2.92. The molecule has 0 spiro atoms. The lowest BCUT2D eigenvalue weighted by molar-refractivity contribution is 0.0591. The van der Waals surface area contributed by atoms with Crippen LogP contribution in [0.3, 0.4) is 0 Å². The molecule has 0 aromatic rings. The van der Waals surface area contributed by atoms with Crippen molar-refractivity contribution >= 4 is 0 Å². The Labute approximate surface area is 54.5 Å². The van der Waals surface area contributed by atoms with Gasteiger partial charge < -0.3 is 9.84 Å². The second-order valence-electron chi connectivity index (χ2n) is 2.03. The number of aliphatic hydroxyl groups is 1. The van der Waals surface area contributed by atoms with E-state index in [9.17, 15) is 0 Å². The van der Waals surface area contributed by atoms with E-state index in [0.29, 0.717) is 13.2 Å². The predicted molar refractivity (Wildman–Crippen MR) is 35.1 cm³/mol. The molecule has 1 atom stereocenters. The van der Waals surface area contributed by atoms with Gasteiger partial charge in [-0.15, -0.1) is 0 Å². The second kappa shape index (κ2) is 2.80. The topological polar surface area (TPSA) is 29.5 Å². The number of hydrogen-bond donors (Lipinski definition) is 1. The van der Waals surface area contributed by atoms with E-state index in [2.05, 4.69) is 6.58 Å². The molecule has 0 aromatic heterocycles. The molecule has 1 unspecified atom stereocenters. The van der Waals surface area contributed by atoms with Crippen LogP contribution in [0.15, 0.2) is 24.3 Å². The fourth-order valence-electron chi connectivity index (χ4n) is 0.768. The molecule has 2 heteroatoms. The first-order chi connectivity index (χ1) is 4.33. The van der Waals surface area contributed by atoms with Crippen molar-refractivity contribution in [2.24, 2.45) is 0 Å². The first-order valence-corrected chi connectivity index (χ1v) is 2.92. The third kappa shape index (κ3) is 1.66. The smallest absolute Gasteiger partial charge is 0.0961 e. The third-order valence-corrected chi connectivity index (χ3v) is 1.23. The van der Waals surface area contributed by atoms with Crippen molar-refractivity contribution in [3.8, 4) is 0 Å². The highest BCUT2D eigenvalue weighted by Crippen LogP contribution is 2.05. The van der Waals surface area contributed by atoms with Gasteiger partial charge in [-0.25, -0.2) is 0 Å². The Balaban J connectivity index is 2.59. The van der Waals surface area contributed by atoms with Crippen LogP contribution in [-0.2, 0) is 4.74 Å². The summed E-state index contributed by atoms with van der Waals surface area (Å²) in [5.41, 5.74) is 0.966. The molecule has 0 amide bonds. The highest BCUT2D eigenvalue weighted by molar-refractivity contribution is 5.19. The van der Waals surface area contributed by atoms with Crippen LogP contribution in [0.2, 0.25) is 0 Å². The molecule has 2 nitrogen and oxygen atoms in total. The summed E-state index contributed by atoms with van der Waals surface area (Å²) < 4.78 is 5.00. The summed E-state index contributed by atoms with van der Waals surface area (Å²) in [5.74, 6) is 0. The minimum atomic E-state index is -0.438. The van der Waals surface area contributed by atoms with E-state index in [4.69, 9.17) is 9.84 Å². The fourth-order valence-corrected chi connectivity index (χ4v) is 0.768. The van der Waals surface area contributed by atoms with Gasteiger partial charge in [0.15, 0.2) is 0 Å². The van der Waals surface area contributed by atoms with Crippen molar-refractivity contribution in [3.05, 3.63) is 24.3 Å². The Morgan fingerprint density at radius 2 is 2.67 bits per heavy atom. The van der Waals surface area contributed by atoms with Gasteiger partial charge >= 0.3 is 0 Å². The van der Waals surface area contributed by atoms with E-state index in [1.165, 1.54) is 0 Å². The fraction of sp³-hybridized carbons (Fsp3) is 0.429. The van der Waals surface area contributed by atoms with Gasteiger partial charge in [-0.05, 0) is 11.6 Å². The molecule has 1 rings (SSSR count). The van der Waals surface area contributed by atoms with Crippen LogP contribution in [0.4, 0.5) is 0 Å². The summed E-state index contributed by atoms with van der Waals surface area (Å²) in [6.07, 6.45) is 3.02. The van der Waals surface area contributed by atoms with Gasteiger partial charge in [0.1, 0.15) is 0 Å². The first kappa shape index (κ1) is 6.52. The average molecular weight is 126 g/mol. The zero-order valence-corrected chi connectivity index (χ0v) is 5.21. The van der Waals surface area contributed by atoms with Crippen molar-refractivity contribution in [2.75, 3.05) is 13.2 Å². The molecular weight excluding hydrogens is 116 g/mol. The van der Waals surface area contributed by atoms with Crippen molar-refractivity contribution in [3.63, 3.8) is 0 Å². The average Bonchev–Trinajstić information content (AvgIpc) is 1.88. The molecule has 0 bridgehead atoms. The molecular formula is C7H10O2. The highest BCUT2D eigenvalue weighted by Gasteiger charge is 2.07. The Morgan fingerprint density at radius 1 is 1.89 bits per heavy atom. The zero-order chi connectivity index (χ0) is 6.69. The van der Waals surface area contributed by atoms with Crippen LogP contribution >= 0.6 is 0 Å². The largest absolute Gasteiger partial charge is 0.387 e. The number of hydrogen-bond acceptors (Lipinski definition) is 2. The van der Waals surface area contributed by atoms with E-state index in [0.717, 1.165) is 5.57 Å². The summed E-state index contributed by atoms with van der Waals surface area (Å²) in [5, 5.41) is 8.96. The van der Waals surface area contributed by atoms with Crippen LogP contribution in [-0.4, -0.2) is 24.4 Å². The van der Waals surface area contributed by atoms with Gasteiger partial charge in [0.2, 0.25) is 0 Å². The standard InChI is InChI=1S/C7H10O2/c1-2-6-3-7(8)5-9-4-6/h2-3,7-8H,1,4-5H2. The maximum Gasteiger partial charge on any atom is 0.0961 e. The van der Waals surface area contributed by atoms with Crippen LogP contribution in [0.25, 0.3) is 0 Å². The van der Waals surface area contributed by atoms with Crippen molar-refractivity contribution in [2.45, 2.75) is 6.10 Å². The molecule has 0 fully saturated rings. The van der Waals surface area contributed by atoms with E-state index in [1.807, 2.05) is 0 Å². The molecule has 0 aromatic carbocycles. The zero-order valence-electron chi connectivity index (χ0n) is 5.21. The lowest BCUT2D eigenvalue weighted by atomic mass is 10.2. The van der Waals surface area contributed by atoms with E-state index < -0.39 is 6.10 Å².